The summed E-state index contributed by atoms with van der Waals surface area (Å²) in [5.74, 6) is -2.31. The number of hydrogen-bond donors (Lipinski definition) is 3. The fourth-order valence-corrected chi connectivity index (χ4v) is 12.1. The van der Waals surface area contributed by atoms with Gasteiger partial charge in [0, 0.05) is 25.7 Å². The normalized spacial score (nSPS) is 14.5. The van der Waals surface area contributed by atoms with E-state index in [2.05, 4.69) is 131 Å². The highest BCUT2D eigenvalue weighted by Crippen LogP contribution is 2.45. The molecule has 17 nitrogen and oxygen atoms in total. The molecule has 0 aromatic carbocycles. The van der Waals surface area contributed by atoms with E-state index in [1.54, 1.807) is 0 Å². The van der Waals surface area contributed by atoms with Crippen molar-refractivity contribution < 1.29 is 80.2 Å². The second kappa shape index (κ2) is 74.7. The molecule has 586 valence electrons. The summed E-state index contributed by atoms with van der Waals surface area (Å²) in [4.78, 5) is 72.9. The number of esters is 4. The SMILES string of the molecule is CC/C=C\C/C=C\C/C=C\C/C=C\C/C=C\C/C=C\CCC(=O)OCC(COP(=O)(O)OCC(O)COP(=O)(O)OCC(COC(=O)CCCC/C=C\C/C=C\C/C=C\C/C=C\CC)OC(=O)CCCCCCCCCCCCCCCCC)OC(=O)CCCCCCCCCCCCCCC. The Morgan fingerprint density at radius 3 is 0.843 bits per heavy atom. The van der Waals surface area contributed by atoms with Crippen molar-refractivity contribution >= 4 is 39.5 Å². The van der Waals surface area contributed by atoms with Crippen LogP contribution >= 0.6 is 15.6 Å². The van der Waals surface area contributed by atoms with Gasteiger partial charge in [0.25, 0.3) is 0 Å². The number of carbonyl (C=O) groups is 4. The fourth-order valence-electron chi connectivity index (χ4n) is 10.5. The summed E-state index contributed by atoms with van der Waals surface area (Å²) in [6, 6.07) is 0. The van der Waals surface area contributed by atoms with Crippen LogP contribution in [0.15, 0.2) is 122 Å². The van der Waals surface area contributed by atoms with Gasteiger partial charge in [-0.05, 0) is 103 Å². The maximum Gasteiger partial charge on any atom is 0.472 e. The van der Waals surface area contributed by atoms with Crippen molar-refractivity contribution in [3.05, 3.63) is 122 Å². The number of allylic oxidation sites excluding steroid dienone is 20. The molecule has 0 aromatic rings. The lowest BCUT2D eigenvalue weighted by Crippen LogP contribution is -2.30. The number of hydrogen-bond acceptors (Lipinski definition) is 15. The van der Waals surface area contributed by atoms with Crippen molar-refractivity contribution in [1.29, 1.82) is 0 Å². The van der Waals surface area contributed by atoms with Gasteiger partial charge in [0.05, 0.1) is 26.4 Å². The molecule has 0 amide bonds. The number of aliphatic hydroxyl groups excluding tert-OH is 1. The Balaban J connectivity index is 5.42. The lowest BCUT2D eigenvalue weighted by Gasteiger charge is -2.21. The second-order valence-corrected chi connectivity index (χ2v) is 29.2. The van der Waals surface area contributed by atoms with E-state index < -0.39 is 97.5 Å². The van der Waals surface area contributed by atoms with Crippen LogP contribution in [-0.2, 0) is 65.4 Å². The number of aliphatic hydroxyl groups is 1. The molecule has 3 N–H and O–H groups in total. The molecule has 0 saturated heterocycles. The van der Waals surface area contributed by atoms with E-state index in [0.717, 1.165) is 122 Å². The standard InChI is InChI=1S/C83H142O17P2/c1-5-9-13-17-21-25-29-33-36-37-38-39-42-45-48-52-56-60-64-68-81(86)94-73-78(99-82(87)69-65-61-57-53-49-43-32-28-24-20-16-12-8-4)75-97-101(89,90)95-71-77(84)72-96-102(91,92)98-76-79(100-83(88)70-66-62-58-54-50-46-41-35-31-27-23-19-15-11-7-3)74-93-80(85)67-63-59-55-51-47-44-40-34-30-26-22-18-14-10-6-2/h9-10,13-14,21-22,25-26,33-34,36,38-40,45,47-48,51,56,60,77-79,84H,5-8,11-12,15-20,23-24,27-32,35,37,41-44,46,49-50,52-55,57-59,61-76H2,1-4H3,(H,89,90)(H,91,92)/b13-9-,14-10-,25-21-,26-22-,36-33-,39-38-,40-34-,48-45-,51-47-,60-56-. The summed E-state index contributed by atoms with van der Waals surface area (Å²) in [6.07, 6.45) is 82.0. The Hall–Kier alpha value is -4.54. The quantitative estimate of drug-likeness (QED) is 0.0169. The van der Waals surface area contributed by atoms with Crippen molar-refractivity contribution in [3.63, 3.8) is 0 Å². The summed E-state index contributed by atoms with van der Waals surface area (Å²) in [5, 5.41) is 10.6. The molecule has 5 unspecified atom stereocenters. The molecule has 102 heavy (non-hydrogen) atoms. The molecule has 0 aromatic heterocycles. The van der Waals surface area contributed by atoms with Gasteiger partial charge in [-0.25, -0.2) is 9.13 Å². The van der Waals surface area contributed by atoms with Crippen LogP contribution in [0.5, 0.6) is 0 Å². The van der Waals surface area contributed by atoms with Gasteiger partial charge in [0.1, 0.15) is 19.3 Å². The first-order valence-electron chi connectivity index (χ1n) is 39.8. The van der Waals surface area contributed by atoms with Crippen molar-refractivity contribution in [1.82, 2.24) is 0 Å². The maximum absolute atomic E-state index is 13.1. The lowest BCUT2D eigenvalue weighted by molar-refractivity contribution is -0.161. The zero-order chi connectivity index (χ0) is 74.6. The van der Waals surface area contributed by atoms with Crippen LogP contribution in [0.25, 0.3) is 0 Å². The molecular weight excluding hydrogens is 1330 g/mol. The molecule has 0 radical (unpaired) electrons. The molecule has 0 spiro atoms. The predicted molar refractivity (Wildman–Crippen MR) is 418 cm³/mol. The summed E-state index contributed by atoms with van der Waals surface area (Å²) >= 11 is 0. The van der Waals surface area contributed by atoms with Gasteiger partial charge in [-0.1, -0.05) is 316 Å². The first kappa shape index (κ1) is 97.5. The molecule has 0 rings (SSSR count). The first-order valence-corrected chi connectivity index (χ1v) is 42.8. The summed E-state index contributed by atoms with van der Waals surface area (Å²) in [5.41, 5.74) is 0. The summed E-state index contributed by atoms with van der Waals surface area (Å²) < 4.78 is 68.5. The van der Waals surface area contributed by atoms with Gasteiger partial charge in [-0.3, -0.25) is 37.3 Å². The van der Waals surface area contributed by atoms with Crippen LogP contribution in [-0.4, -0.2) is 96.7 Å². The van der Waals surface area contributed by atoms with E-state index in [1.807, 2.05) is 18.2 Å². The van der Waals surface area contributed by atoms with Gasteiger partial charge in [0.2, 0.25) is 0 Å². The Morgan fingerprint density at radius 1 is 0.284 bits per heavy atom. The highest BCUT2D eigenvalue weighted by Gasteiger charge is 2.30. The Labute approximate surface area is 619 Å². The van der Waals surface area contributed by atoms with Crippen molar-refractivity contribution in [3.8, 4) is 0 Å². The van der Waals surface area contributed by atoms with Crippen LogP contribution in [0.2, 0.25) is 0 Å². The molecule has 0 aliphatic rings. The number of carbonyl (C=O) groups excluding carboxylic acids is 4. The maximum atomic E-state index is 13.1. The van der Waals surface area contributed by atoms with E-state index >= 15 is 0 Å². The number of rotatable bonds is 74. The van der Waals surface area contributed by atoms with E-state index in [-0.39, 0.29) is 25.7 Å². The van der Waals surface area contributed by atoms with E-state index in [4.69, 9.17) is 37.0 Å². The average molecular weight is 1470 g/mol. The lowest BCUT2D eigenvalue weighted by atomic mass is 10.0. The van der Waals surface area contributed by atoms with Gasteiger partial charge < -0.3 is 33.8 Å². The fraction of sp³-hybridized carbons (Fsp3) is 0.711. The molecule has 0 aliphatic heterocycles. The van der Waals surface area contributed by atoms with Crippen molar-refractivity contribution in [2.75, 3.05) is 39.6 Å². The van der Waals surface area contributed by atoms with Crippen LogP contribution in [0.3, 0.4) is 0 Å². The zero-order valence-electron chi connectivity index (χ0n) is 64.0. The number of phosphoric ester groups is 2. The molecular formula is C83H142O17P2. The minimum absolute atomic E-state index is 0.0358. The Bertz CT molecular complexity index is 2410. The van der Waals surface area contributed by atoms with Crippen LogP contribution in [0.4, 0.5) is 0 Å². The minimum Gasteiger partial charge on any atom is -0.462 e. The highest BCUT2D eigenvalue weighted by molar-refractivity contribution is 7.47. The number of unbranched alkanes of at least 4 members (excludes halogenated alkanes) is 28. The molecule has 0 fully saturated rings. The van der Waals surface area contributed by atoms with E-state index in [9.17, 15) is 43.2 Å². The van der Waals surface area contributed by atoms with E-state index in [1.165, 1.54) is 116 Å². The molecule has 0 saturated carbocycles. The number of phosphoric acid groups is 2. The largest absolute Gasteiger partial charge is 0.472 e. The number of ether oxygens (including phenoxy) is 4. The van der Waals surface area contributed by atoms with E-state index in [0.29, 0.717) is 32.1 Å². The molecule has 19 heteroatoms. The first-order chi connectivity index (χ1) is 49.7. The van der Waals surface area contributed by atoms with Gasteiger partial charge in [0.15, 0.2) is 12.2 Å². The van der Waals surface area contributed by atoms with Gasteiger partial charge >= 0.3 is 39.5 Å². The molecule has 0 bridgehead atoms. The van der Waals surface area contributed by atoms with Crippen LogP contribution < -0.4 is 0 Å². The third kappa shape index (κ3) is 73.8. The van der Waals surface area contributed by atoms with Gasteiger partial charge in [-0.15, -0.1) is 0 Å². The van der Waals surface area contributed by atoms with Gasteiger partial charge in [-0.2, -0.15) is 0 Å². The monoisotopic (exact) mass is 1470 g/mol. The molecule has 5 atom stereocenters. The van der Waals surface area contributed by atoms with Crippen molar-refractivity contribution in [2.45, 2.75) is 341 Å². The third-order valence-corrected chi connectivity index (χ3v) is 18.4. The summed E-state index contributed by atoms with van der Waals surface area (Å²) in [6.45, 7) is 4.55. The topological polar surface area (TPSA) is 237 Å². The molecule has 0 aliphatic carbocycles. The predicted octanol–water partition coefficient (Wildman–Crippen LogP) is 23.1. The Kier molecular flexibility index (Phi) is 71.4. The Morgan fingerprint density at radius 2 is 0.529 bits per heavy atom. The third-order valence-electron chi connectivity index (χ3n) is 16.5. The second-order valence-electron chi connectivity index (χ2n) is 26.3. The van der Waals surface area contributed by atoms with Crippen LogP contribution in [0, 0.1) is 0 Å². The smallest absolute Gasteiger partial charge is 0.462 e. The average Bonchev–Trinajstić information content (AvgIpc) is 0.908. The minimum atomic E-state index is -4.99. The van der Waals surface area contributed by atoms with Crippen LogP contribution in [0.1, 0.15) is 323 Å². The van der Waals surface area contributed by atoms with Crippen molar-refractivity contribution in [2.24, 2.45) is 0 Å². The summed E-state index contributed by atoms with van der Waals surface area (Å²) in [7, 11) is -9.98. The zero-order valence-corrected chi connectivity index (χ0v) is 65.8. The highest BCUT2D eigenvalue weighted by atomic mass is 31.2. The molecule has 0 heterocycles.